The summed E-state index contributed by atoms with van der Waals surface area (Å²) in [7, 11) is -3.31. The molecular formula is C16H19N3O3S. The number of nitrogens with one attached hydrogen (secondary N) is 1. The van der Waals surface area contributed by atoms with Crippen LogP contribution in [-0.4, -0.2) is 37.8 Å². The molecule has 0 amide bonds. The first kappa shape index (κ1) is 15.6. The van der Waals surface area contributed by atoms with Gasteiger partial charge in [0.05, 0.1) is 36.8 Å². The number of aromatic amines is 1. The summed E-state index contributed by atoms with van der Waals surface area (Å²) in [4.78, 5) is 7.07. The van der Waals surface area contributed by atoms with Crippen molar-refractivity contribution in [1.29, 1.82) is 0 Å². The van der Waals surface area contributed by atoms with Crippen molar-refractivity contribution in [3.63, 3.8) is 0 Å². The Morgan fingerprint density at radius 1 is 1.43 bits per heavy atom. The van der Waals surface area contributed by atoms with Gasteiger partial charge in [-0.25, -0.2) is 13.4 Å². The van der Waals surface area contributed by atoms with Gasteiger partial charge in [-0.2, -0.15) is 0 Å². The lowest BCUT2D eigenvalue weighted by Crippen LogP contribution is -2.29. The van der Waals surface area contributed by atoms with E-state index in [9.17, 15) is 8.42 Å². The number of H-pyrrole nitrogens is 1. The molecule has 0 fully saturated rings. The van der Waals surface area contributed by atoms with Crippen molar-refractivity contribution in [3.8, 4) is 5.75 Å². The normalized spacial score (nSPS) is 16.0. The minimum absolute atomic E-state index is 0.387. The summed E-state index contributed by atoms with van der Waals surface area (Å²) in [5, 5.41) is 0. The third kappa shape index (κ3) is 3.24. The topological polar surface area (TPSA) is 75.3 Å². The fraction of sp³-hybridized carbons (Fsp3) is 0.312. The molecule has 0 saturated carbocycles. The minimum atomic E-state index is -3.31. The van der Waals surface area contributed by atoms with Crippen LogP contribution < -0.4 is 9.04 Å². The molecule has 1 N–H and O–H groups in total. The third-order valence-corrected chi connectivity index (χ3v) is 5.03. The number of aromatic nitrogens is 2. The highest BCUT2D eigenvalue weighted by Crippen LogP contribution is 2.37. The maximum Gasteiger partial charge on any atom is 0.232 e. The zero-order valence-corrected chi connectivity index (χ0v) is 13.9. The fourth-order valence-corrected chi connectivity index (χ4v) is 3.71. The first-order valence-corrected chi connectivity index (χ1v) is 9.27. The Morgan fingerprint density at radius 3 is 2.91 bits per heavy atom. The number of rotatable bonds is 4. The second-order valence-corrected chi connectivity index (χ2v) is 7.29. The van der Waals surface area contributed by atoms with E-state index in [1.54, 1.807) is 18.6 Å². The first-order valence-electron chi connectivity index (χ1n) is 7.43. The van der Waals surface area contributed by atoms with Crippen molar-refractivity contribution in [1.82, 2.24) is 9.97 Å². The lowest BCUT2D eigenvalue weighted by molar-refractivity contribution is 0.317. The van der Waals surface area contributed by atoms with E-state index in [1.165, 1.54) is 10.6 Å². The number of benzene rings is 1. The lowest BCUT2D eigenvalue weighted by atomic mass is 9.98. The molecule has 0 unspecified atom stereocenters. The molecule has 1 aromatic heterocycles. The van der Waals surface area contributed by atoms with Gasteiger partial charge in [0, 0.05) is 18.5 Å². The Kier molecular flexibility index (Phi) is 4.12. The number of ether oxygens (including phenoxy) is 1. The summed E-state index contributed by atoms with van der Waals surface area (Å²) in [5.41, 5.74) is 3.58. The molecule has 0 atom stereocenters. The van der Waals surface area contributed by atoms with Gasteiger partial charge < -0.3 is 9.72 Å². The quantitative estimate of drug-likeness (QED) is 0.933. The molecule has 122 valence electrons. The van der Waals surface area contributed by atoms with Crippen molar-refractivity contribution in [3.05, 3.63) is 42.0 Å². The van der Waals surface area contributed by atoms with E-state index in [2.05, 4.69) is 9.97 Å². The van der Waals surface area contributed by atoms with Crippen LogP contribution in [0.4, 0.5) is 5.69 Å². The van der Waals surface area contributed by atoms with Crippen LogP contribution in [0.1, 0.15) is 24.6 Å². The Balaban J connectivity index is 2.06. The maximum absolute atomic E-state index is 11.9. The SMILES string of the molecule is CCN(c1ccc2c(c1)C(=Cc1cnc[nH]1)CCO2)S(C)(=O)=O. The van der Waals surface area contributed by atoms with Crippen LogP contribution in [0, 0.1) is 0 Å². The van der Waals surface area contributed by atoms with Crippen LogP contribution >= 0.6 is 0 Å². The highest BCUT2D eigenvalue weighted by molar-refractivity contribution is 7.92. The Bertz CT molecular complexity index is 826. The van der Waals surface area contributed by atoms with Crippen LogP contribution in [0.15, 0.2) is 30.7 Å². The zero-order chi connectivity index (χ0) is 16.4. The number of sulfonamides is 1. The Morgan fingerprint density at radius 2 is 2.26 bits per heavy atom. The van der Waals surface area contributed by atoms with E-state index in [0.717, 1.165) is 29.0 Å². The van der Waals surface area contributed by atoms with E-state index in [1.807, 2.05) is 25.1 Å². The summed E-state index contributed by atoms with van der Waals surface area (Å²) >= 11 is 0. The minimum Gasteiger partial charge on any atom is -0.493 e. The molecule has 7 heteroatoms. The highest BCUT2D eigenvalue weighted by Gasteiger charge is 2.20. The van der Waals surface area contributed by atoms with Crippen LogP contribution in [0.3, 0.4) is 0 Å². The summed E-state index contributed by atoms with van der Waals surface area (Å²) in [6.45, 7) is 2.81. The van der Waals surface area contributed by atoms with E-state index >= 15 is 0 Å². The van der Waals surface area contributed by atoms with Gasteiger partial charge in [0.15, 0.2) is 0 Å². The zero-order valence-electron chi connectivity index (χ0n) is 13.1. The average Bonchev–Trinajstić information content (AvgIpc) is 3.00. The van der Waals surface area contributed by atoms with Gasteiger partial charge in [-0.15, -0.1) is 0 Å². The van der Waals surface area contributed by atoms with Crippen LogP contribution in [0.2, 0.25) is 0 Å². The Labute approximate surface area is 135 Å². The van der Waals surface area contributed by atoms with Gasteiger partial charge in [0.1, 0.15) is 5.75 Å². The van der Waals surface area contributed by atoms with Crippen molar-refractivity contribution < 1.29 is 13.2 Å². The van der Waals surface area contributed by atoms with Crippen LogP contribution in [0.25, 0.3) is 11.6 Å². The fourth-order valence-electron chi connectivity index (χ4n) is 2.75. The summed E-state index contributed by atoms with van der Waals surface area (Å²) in [6.07, 6.45) is 7.38. The monoisotopic (exact) mass is 333 g/mol. The standard InChI is InChI=1S/C16H19N3O3S/c1-3-19(23(2,20)21)14-4-5-16-15(9-14)12(6-7-22-16)8-13-10-17-11-18-13/h4-5,8-11H,3,6-7H2,1-2H3,(H,17,18). The van der Waals surface area contributed by atoms with Gasteiger partial charge >= 0.3 is 0 Å². The molecule has 0 radical (unpaired) electrons. The molecule has 0 saturated heterocycles. The lowest BCUT2D eigenvalue weighted by Gasteiger charge is -2.25. The molecule has 2 heterocycles. The molecule has 6 nitrogen and oxygen atoms in total. The molecule has 23 heavy (non-hydrogen) atoms. The van der Waals surface area contributed by atoms with Crippen LogP contribution in [0.5, 0.6) is 5.75 Å². The molecule has 1 aliphatic rings. The molecule has 0 aliphatic carbocycles. The van der Waals surface area contributed by atoms with Crippen molar-refractivity contribution >= 4 is 27.4 Å². The number of anilines is 1. The molecule has 1 aliphatic heterocycles. The van der Waals surface area contributed by atoms with Gasteiger partial charge in [-0.05, 0) is 36.8 Å². The molecular weight excluding hydrogens is 314 g/mol. The first-order chi connectivity index (χ1) is 11.0. The molecule has 0 bridgehead atoms. The van der Waals surface area contributed by atoms with E-state index in [0.29, 0.717) is 18.8 Å². The van der Waals surface area contributed by atoms with Crippen molar-refractivity contribution in [2.75, 3.05) is 23.7 Å². The Hall–Kier alpha value is -2.28. The van der Waals surface area contributed by atoms with E-state index < -0.39 is 10.0 Å². The van der Waals surface area contributed by atoms with Crippen molar-refractivity contribution in [2.45, 2.75) is 13.3 Å². The summed E-state index contributed by atoms with van der Waals surface area (Å²) in [5.74, 6) is 0.773. The smallest absolute Gasteiger partial charge is 0.232 e. The summed E-state index contributed by atoms with van der Waals surface area (Å²) < 4.78 is 30.9. The van der Waals surface area contributed by atoms with Gasteiger partial charge in [0.25, 0.3) is 0 Å². The van der Waals surface area contributed by atoms with Gasteiger partial charge in [-0.1, -0.05) is 0 Å². The summed E-state index contributed by atoms with van der Waals surface area (Å²) in [6, 6.07) is 5.49. The molecule has 3 rings (SSSR count). The van der Waals surface area contributed by atoms with Gasteiger partial charge in [-0.3, -0.25) is 4.31 Å². The largest absolute Gasteiger partial charge is 0.493 e. The number of nitrogens with zero attached hydrogens (tertiary/aromatic N) is 2. The predicted octanol–water partition coefficient (Wildman–Crippen LogP) is 2.52. The maximum atomic E-state index is 11.9. The van der Waals surface area contributed by atoms with E-state index in [4.69, 9.17) is 4.74 Å². The molecule has 2 aromatic rings. The van der Waals surface area contributed by atoms with Gasteiger partial charge in [0.2, 0.25) is 10.0 Å². The average molecular weight is 333 g/mol. The number of hydrogen-bond acceptors (Lipinski definition) is 4. The molecule has 0 spiro atoms. The number of imidazole rings is 1. The van der Waals surface area contributed by atoms with E-state index in [-0.39, 0.29) is 0 Å². The number of fused-ring (bicyclic) bond motifs is 1. The van der Waals surface area contributed by atoms with Crippen molar-refractivity contribution in [2.24, 2.45) is 0 Å². The third-order valence-electron chi connectivity index (χ3n) is 3.76. The van der Waals surface area contributed by atoms with Crippen LogP contribution in [-0.2, 0) is 10.0 Å². The number of hydrogen-bond donors (Lipinski definition) is 1. The predicted molar refractivity (Wildman–Crippen MR) is 90.9 cm³/mol. The molecule has 1 aromatic carbocycles. The highest BCUT2D eigenvalue weighted by atomic mass is 32.2. The second kappa shape index (κ2) is 6.08. The second-order valence-electron chi connectivity index (χ2n) is 5.38.